The molecule has 0 heterocycles. The summed E-state index contributed by atoms with van der Waals surface area (Å²) in [5.74, 6) is 0. The molecule has 0 amide bonds. The molecule has 2 aromatic rings. The Kier molecular flexibility index (Phi) is 5.86. The SMILES string of the molecule is CCCCc1ccc(C(Br)c2cccc(C)c2Br)cc1. The third kappa shape index (κ3) is 3.73. The van der Waals surface area contributed by atoms with Crippen LogP contribution >= 0.6 is 31.9 Å². The Balaban J connectivity index is 2.20. The van der Waals surface area contributed by atoms with Crippen molar-refractivity contribution in [3.63, 3.8) is 0 Å². The predicted molar refractivity (Wildman–Crippen MR) is 94.7 cm³/mol. The van der Waals surface area contributed by atoms with Gasteiger partial charge in [-0.2, -0.15) is 0 Å². The third-order valence-electron chi connectivity index (χ3n) is 3.59. The molecular weight excluding hydrogens is 376 g/mol. The average Bonchev–Trinajstić information content (AvgIpc) is 2.48. The van der Waals surface area contributed by atoms with Gasteiger partial charge in [-0.1, -0.05) is 87.7 Å². The molecule has 0 saturated carbocycles. The quantitative estimate of drug-likeness (QED) is 0.501. The van der Waals surface area contributed by atoms with Gasteiger partial charge in [0, 0.05) is 4.47 Å². The number of rotatable bonds is 5. The monoisotopic (exact) mass is 394 g/mol. The summed E-state index contributed by atoms with van der Waals surface area (Å²) in [5.41, 5.74) is 5.29. The Bertz CT molecular complexity index is 558. The van der Waals surface area contributed by atoms with Crippen LogP contribution in [-0.4, -0.2) is 0 Å². The highest BCUT2D eigenvalue weighted by atomic mass is 79.9. The number of unbranched alkanes of at least 4 members (excludes halogenated alkanes) is 1. The normalized spacial score (nSPS) is 12.4. The zero-order valence-electron chi connectivity index (χ0n) is 12.0. The molecular formula is C18H20Br2. The van der Waals surface area contributed by atoms with Crippen LogP contribution in [-0.2, 0) is 6.42 Å². The number of hydrogen-bond acceptors (Lipinski definition) is 0. The van der Waals surface area contributed by atoms with Crippen LogP contribution in [0.1, 0.15) is 46.8 Å². The Morgan fingerprint density at radius 2 is 1.75 bits per heavy atom. The van der Waals surface area contributed by atoms with E-state index in [9.17, 15) is 0 Å². The fourth-order valence-corrected chi connectivity index (χ4v) is 3.77. The minimum atomic E-state index is 0.233. The molecule has 0 spiro atoms. The van der Waals surface area contributed by atoms with Crippen molar-refractivity contribution in [3.8, 4) is 0 Å². The van der Waals surface area contributed by atoms with Crippen molar-refractivity contribution in [1.82, 2.24) is 0 Å². The molecule has 0 aliphatic rings. The van der Waals surface area contributed by atoms with Crippen molar-refractivity contribution in [2.75, 3.05) is 0 Å². The van der Waals surface area contributed by atoms with Gasteiger partial charge >= 0.3 is 0 Å². The molecule has 0 N–H and O–H groups in total. The minimum Gasteiger partial charge on any atom is -0.0786 e. The number of benzene rings is 2. The van der Waals surface area contributed by atoms with Gasteiger partial charge in [-0.25, -0.2) is 0 Å². The van der Waals surface area contributed by atoms with E-state index in [4.69, 9.17) is 0 Å². The second-order valence-electron chi connectivity index (χ2n) is 5.19. The van der Waals surface area contributed by atoms with E-state index in [1.165, 1.54) is 46.0 Å². The topological polar surface area (TPSA) is 0 Å². The van der Waals surface area contributed by atoms with Gasteiger partial charge in [0.05, 0.1) is 4.83 Å². The lowest BCUT2D eigenvalue weighted by molar-refractivity contribution is 0.795. The lowest BCUT2D eigenvalue weighted by atomic mass is 10.0. The van der Waals surface area contributed by atoms with Gasteiger partial charge in [-0.05, 0) is 42.0 Å². The summed E-state index contributed by atoms with van der Waals surface area (Å²) in [5, 5.41) is 0. The molecule has 2 rings (SSSR count). The summed E-state index contributed by atoms with van der Waals surface area (Å²) >= 11 is 7.52. The summed E-state index contributed by atoms with van der Waals surface area (Å²) in [6, 6.07) is 15.4. The van der Waals surface area contributed by atoms with Crippen molar-refractivity contribution < 1.29 is 0 Å². The maximum atomic E-state index is 3.83. The lowest BCUT2D eigenvalue weighted by Gasteiger charge is -2.14. The molecule has 20 heavy (non-hydrogen) atoms. The Labute approximate surface area is 138 Å². The van der Waals surface area contributed by atoms with Crippen LogP contribution in [0.4, 0.5) is 0 Å². The summed E-state index contributed by atoms with van der Waals surface area (Å²) in [4.78, 5) is 0.233. The first-order chi connectivity index (χ1) is 9.63. The van der Waals surface area contributed by atoms with E-state index in [1.54, 1.807) is 0 Å². The maximum Gasteiger partial charge on any atom is 0.0655 e. The average molecular weight is 396 g/mol. The number of aryl methyl sites for hydroxylation is 2. The van der Waals surface area contributed by atoms with Crippen LogP contribution in [0.15, 0.2) is 46.9 Å². The third-order valence-corrected chi connectivity index (χ3v) is 5.69. The Morgan fingerprint density at radius 3 is 2.40 bits per heavy atom. The van der Waals surface area contributed by atoms with Gasteiger partial charge < -0.3 is 0 Å². The molecule has 0 aliphatic heterocycles. The summed E-state index contributed by atoms with van der Waals surface area (Å²) in [7, 11) is 0. The second-order valence-corrected chi connectivity index (χ2v) is 6.89. The fourth-order valence-electron chi connectivity index (χ4n) is 2.28. The molecule has 106 valence electrons. The van der Waals surface area contributed by atoms with Crippen molar-refractivity contribution in [3.05, 3.63) is 69.2 Å². The minimum absolute atomic E-state index is 0.233. The molecule has 1 atom stereocenters. The van der Waals surface area contributed by atoms with E-state index in [0.717, 1.165) is 0 Å². The van der Waals surface area contributed by atoms with Gasteiger partial charge in [0.1, 0.15) is 0 Å². The molecule has 0 aromatic heterocycles. The molecule has 0 nitrogen and oxygen atoms in total. The molecule has 0 saturated heterocycles. The van der Waals surface area contributed by atoms with E-state index in [0.29, 0.717) is 0 Å². The van der Waals surface area contributed by atoms with Crippen LogP contribution in [0.25, 0.3) is 0 Å². The fraction of sp³-hybridized carbons (Fsp3) is 0.333. The first kappa shape index (κ1) is 15.8. The largest absolute Gasteiger partial charge is 0.0786 e. The van der Waals surface area contributed by atoms with Crippen LogP contribution in [0.3, 0.4) is 0 Å². The lowest BCUT2D eigenvalue weighted by Crippen LogP contribution is -1.96. The number of alkyl halides is 1. The molecule has 0 aliphatic carbocycles. The zero-order chi connectivity index (χ0) is 14.5. The maximum absolute atomic E-state index is 3.83. The summed E-state index contributed by atoms with van der Waals surface area (Å²) in [6.45, 7) is 4.36. The van der Waals surface area contributed by atoms with E-state index in [-0.39, 0.29) is 4.83 Å². The molecule has 1 unspecified atom stereocenters. The summed E-state index contributed by atoms with van der Waals surface area (Å²) < 4.78 is 1.19. The van der Waals surface area contributed by atoms with Gasteiger partial charge in [0.15, 0.2) is 0 Å². The van der Waals surface area contributed by atoms with E-state index < -0.39 is 0 Å². The van der Waals surface area contributed by atoms with E-state index in [1.807, 2.05) is 0 Å². The van der Waals surface area contributed by atoms with Crippen molar-refractivity contribution in [1.29, 1.82) is 0 Å². The second kappa shape index (κ2) is 7.42. The highest BCUT2D eigenvalue weighted by molar-refractivity contribution is 9.11. The van der Waals surface area contributed by atoms with E-state index in [2.05, 4.69) is 88.2 Å². The van der Waals surface area contributed by atoms with Gasteiger partial charge in [0.25, 0.3) is 0 Å². The van der Waals surface area contributed by atoms with Crippen molar-refractivity contribution >= 4 is 31.9 Å². The van der Waals surface area contributed by atoms with Crippen LogP contribution in [0.5, 0.6) is 0 Å². The first-order valence-electron chi connectivity index (χ1n) is 7.11. The highest BCUT2D eigenvalue weighted by Crippen LogP contribution is 2.36. The van der Waals surface area contributed by atoms with Crippen LogP contribution in [0.2, 0.25) is 0 Å². The molecule has 0 radical (unpaired) electrons. The van der Waals surface area contributed by atoms with Crippen molar-refractivity contribution in [2.24, 2.45) is 0 Å². The van der Waals surface area contributed by atoms with Gasteiger partial charge in [-0.15, -0.1) is 0 Å². The zero-order valence-corrected chi connectivity index (χ0v) is 15.2. The van der Waals surface area contributed by atoms with Crippen LogP contribution < -0.4 is 0 Å². The Morgan fingerprint density at radius 1 is 1.05 bits per heavy atom. The first-order valence-corrected chi connectivity index (χ1v) is 8.82. The molecule has 2 aromatic carbocycles. The smallest absolute Gasteiger partial charge is 0.0655 e. The number of halogens is 2. The highest BCUT2D eigenvalue weighted by Gasteiger charge is 2.14. The van der Waals surface area contributed by atoms with E-state index >= 15 is 0 Å². The number of hydrogen-bond donors (Lipinski definition) is 0. The van der Waals surface area contributed by atoms with Gasteiger partial charge in [-0.3, -0.25) is 0 Å². The molecule has 2 heteroatoms. The molecule has 0 bridgehead atoms. The van der Waals surface area contributed by atoms with Crippen molar-refractivity contribution in [2.45, 2.75) is 37.9 Å². The standard InChI is InChI=1S/C18H20Br2/c1-3-4-7-14-9-11-15(12-10-14)18(20)16-8-5-6-13(2)17(16)19/h5-6,8-12,18H,3-4,7H2,1-2H3. The van der Waals surface area contributed by atoms with Crippen LogP contribution in [0, 0.1) is 6.92 Å². The Hall–Kier alpha value is -0.600. The predicted octanol–water partition coefficient (Wildman–Crippen LogP) is 6.58. The molecule has 0 fully saturated rings. The van der Waals surface area contributed by atoms with Gasteiger partial charge in [0.2, 0.25) is 0 Å². The summed E-state index contributed by atoms with van der Waals surface area (Å²) in [6.07, 6.45) is 3.69.